The summed E-state index contributed by atoms with van der Waals surface area (Å²) in [5.74, 6) is 0.467. The van der Waals surface area contributed by atoms with Crippen molar-refractivity contribution in [3.63, 3.8) is 0 Å². The summed E-state index contributed by atoms with van der Waals surface area (Å²) in [5, 5.41) is 2.94. The molecule has 2 rings (SSSR count). The lowest BCUT2D eigenvalue weighted by molar-refractivity contribution is -0.115. The molecule has 4 heteroatoms. The summed E-state index contributed by atoms with van der Waals surface area (Å²) < 4.78 is 1.04. The number of carbonyl (C=O) groups is 1. The molecule has 0 fully saturated rings. The molecule has 0 aliphatic heterocycles. The Bertz CT molecular complexity index is 657. The smallest absolute Gasteiger partial charge is 0.237 e. The summed E-state index contributed by atoms with van der Waals surface area (Å²) in [6.07, 6.45) is 1.05. The van der Waals surface area contributed by atoms with Crippen LogP contribution in [0.4, 0.5) is 5.69 Å². The molecule has 0 spiro atoms. The Hall–Kier alpha value is -1.26. The zero-order valence-electron chi connectivity index (χ0n) is 13.7. The van der Waals surface area contributed by atoms with E-state index < -0.39 is 0 Å². The number of thioether (sulfide) groups is 1. The number of halogens is 1. The van der Waals surface area contributed by atoms with Gasteiger partial charge in [0.05, 0.1) is 5.25 Å². The van der Waals surface area contributed by atoms with Crippen molar-refractivity contribution in [3.05, 3.63) is 58.6 Å². The Balaban J connectivity index is 2.05. The molecule has 2 aromatic carbocycles. The van der Waals surface area contributed by atoms with Gasteiger partial charge in [-0.3, -0.25) is 4.79 Å². The van der Waals surface area contributed by atoms with Crippen LogP contribution in [0.5, 0.6) is 0 Å². The SMILES string of the molecule is CC[C@@H](C)c1ccccc1NC(=O)[C@@H](C)Sc1ccc(Br)cc1. The molecule has 0 radical (unpaired) electrons. The monoisotopic (exact) mass is 391 g/mol. The van der Waals surface area contributed by atoms with Gasteiger partial charge < -0.3 is 5.32 Å². The summed E-state index contributed by atoms with van der Waals surface area (Å²) in [5.41, 5.74) is 2.12. The second-order valence-corrected chi connectivity index (χ2v) is 7.93. The molecule has 1 amide bonds. The number of rotatable bonds is 6. The van der Waals surface area contributed by atoms with Gasteiger partial charge >= 0.3 is 0 Å². The van der Waals surface area contributed by atoms with Crippen molar-refractivity contribution in [3.8, 4) is 0 Å². The number of hydrogen-bond donors (Lipinski definition) is 1. The summed E-state index contributed by atoms with van der Waals surface area (Å²) in [6, 6.07) is 16.1. The van der Waals surface area contributed by atoms with Crippen molar-refractivity contribution in [1.29, 1.82) is 0 Å². The first-order valence-electron chi connectivity index (χ1n) is 7.83. The molecule has 1 N–H and O–H groups in total. The van der Waals surface area contributed by atoms with E-state index in [-0.39, 0.29) is 11.2 Å². The number of anilines is 1. The summed E-state index contributed by atoms with van der Waals surface area (Å²) in [7, 11) is 0. The number of carbonyl (C=O) groups excluding carboxylic acids is 1. The van der Waals surface area contributed by atoms with E-state index in [1.54, 1.807) is 11.8 Å². The molecule has 0 saturated carbocycles. The van der Waals surface area contributed by atoms with E-state index in [0.717, 1.165) is 21.5 Å². The zero-order chi connectivity index (χ0) is 16.8. The molecule has 0 unspecified atom stereocenters. The first-order chi connectivity index (χ1) is 11.0. The molecule has 23 heavy (non-hydrogen) atoms. The van der Waals surface area contributed by atoms with Crippen molar-refractivity contribution in [1.82, 2.24) is 0 Å². The summed E-state index contributed by atoms with van der Waals surface area (Å²) in [4.78, 5) is 13.6. The molecule has 0 heterocycles. The van der Waals surface area contributed by atoms with Crippen LogP contribution in [-0.4, -0.2) is 11.2 Å². The topological polar surface area (TPSA) is 29.1 Å². The molecule has 2 atom stereocenters. The van der Waals surface area contributed by atoms with Gasteiger partial charge in [0, 0.05) is 15.1 Å². The van der Waals surface area contributed by atoms with Crippen LogP contribution in [0.25, 0.3) is 0 Å². The van der Waals surface area contributed by atoms with Crippen molar-refractivity contribution >= 4 is 39.3 Å². The minimum atomic E-state index is -0.152. The maximum atomic E-state index is 12.5. The van der Waals surface area contributed by atoms with E-state index in [9.17, 15) is 4.79 Å². The van der Waals surface area contributed by atoms with E-state index in [4.69, 9.17) is 0 Å². The van der Waals surface area contributed by atoms with Crippen LogP contribution in [0.3, 0.4) is 0 Å². The van der Waals surface area contributed by atoms with Crippen LogP contribution < -0.4 is 5.32 Å². The van der Waals surface area contributed by atoms with Crippen LogP contribution in [0.15, 0.2) is 57.9 Å². The van der Waals surface area contributed by atoms with E-state index in [0.29, 0.717) is 5.92 Å². The standard InChI is InChI=1S/C19H22BrNOS/c1-4-13(2)17-7-5-6-8-18(17)21-19(22)14(3)23-16-11-9-15(20)10-12-16/h5-14H,4H2,1-3H3,(H,21,22)/t13-,14-/m1/s1. The fourth-order valence-corrected chi connectivity index (χ4v) is 3.40. The van der Waals surface area contributed by atoms with Crippen LogP contribution in [0.2, 0.25) is 0 Å². The number of benzene rings is 2. The Labute approximate surface area is 151 Å². The third-order valence-electron chi connectivity index (χ3n) is 3.86. The highest BCUT2D eigenvalue weighted by atomic mass is 79.9. The van der Waals surface area contributed by atoms with E-state index >= 15 is 0 Å². The highest BCUT2D eigenvalue weighted by molar-refractivity contribution is 9.10. The minimum Gasteiger partial charge on any atom is -0.325 e. The second-order valence-electron chi connectivity index (χ2n) is 5.60. The molecule has 0 aromatic heterocycles. The molecule has 0 bridgehead atoms. The molecular weight excluding hydrogens is 370 g/mol. The summed E-state index contributed by atoms with van der Waals surface area (Å²) in [6.45, 7) is 6.29. The van der Waals surface area contributed by atoms with Gasteiger partial charge in [-0.2, -0.15) is 0 Å². The van der Waals surface area contributed by atoms with Gasteiger partial charge in [-0.05, 0) is 55.2 Å². The van der Waals surface area contributed by atoms with Crippen molar-refractivity contribution in [2.45, 2.75) is 43.3 Å². The minimum absolute atomic E-state index is 0.0358. The lowest BCUT2D eigenvalue weighted by Crippen LogP contribution is -2.23. The number of amides is 1. The Morgan fingerprint density at radius 3 is 2.43 bits per heavy atom. The van der Waals surface area contributed by atoms with Gasteiger partial charge in [0.1, 0.15) is 0 Å². The number of para-hydroxylation sites is 1. The van der Waals surface area contributed by atoms with E-state index in [1.165, 1.54) is 5.56 Å². The highest BCUT2D eigenvalue weighted by Crippen LogP contribution is 2.29. The van der Waals surface area contributed by atoms with Crippen molar-refractivity contribution in [2.24, 2.45) is 0 Å². The van der Waals surface area contributed by atoms with Crippen LogP contribution in [-0.2, 0) is 4.79 Å². The van der Waals surface area contributed by atoms with Crippen LogP contribution in [0, 0.1) is 0 Å². The van der Waals surface area contributed by atoms with Crippen molar-refractivity contribution < 1.29 is 4.79 Å². The Morgan fingerprint density at radius 2 is 1.78 bits per heavy atom. The normalized spacial score (nSPS) is 13.4. The average molecular weight is 392 g/mol. The van der Waals surface area contributed by atoms with Crippen LogP contribution >= 0.6 is 27.7 Å². The molecule has 2 aromatic rings. The fraction of sp³-hybridized carbons (Fsp3) is 0.316. The predicted octanol–water partition coefficient (Wildman–Crippen LogP) is 6.08. The second kappa shape index (κ2) is 8.55. The molecule has 0 aliphatic carbocycles. The van der Waals surface area contributed by atoms with Gasteiger partial charge in [-0.1, -0.05) is 48.0 Å². The van der Waals surface area contributed by atoms with Gasteiger partial charge in [0.2, 0.25) is 5.91 Å². The number of nitrogens with one attached hydrogen (secondary N) is 1. The van der Waals surface area contributed by atoms with Gasteiger partial charge in [-0.25, -0.2) is 0 Å². The molecule has 0 saturated heterocycles. The maximum Gasteiger partial charge on any atom is 0.237 e. The third-order valence-corrected chi connectivity index (χ3v) is 5.50. The molecule has 2 nitrogen and oxygen atoms in total. The first kappa shape index (κ1) is 18.1. The predicted molar refractivity (Wildman–Crippen MR) is 103 cm³/mol. The quantitative estimate of drug-likeness (QED) is 0.604. The van der Waals surface area contributed by atoms with Gasteiger partial charge in [-0.15, -0.1) is 11.8 Å². The van der Waals surface area contributed by atoms with E-state index in [2.05, 4.69) is 41.2 Å². The maximum absolute atomic E-state index is 12.5. The molecule has 0 aliphatic rings. The summed E-state index contributed by atoms with van der Waals surface area (Å²) >= 11 is 4.99. The lowest BCUT2D eigenvalue weighted by atomic mass is 9.97. The third kappa shape index (κ3) is 5.11. The van der Waals surface area contributed by atoms with Crippen molar-refractivity contribution in [2.75, 3.05) is 5.32 Å². The first-order valence-corrected chi connectivity index (χ1v) is 9.50. The van der Waals surface area contributed by atoms with Gasteiger partial charge in [0.25, 0.3) is 0 Å². The Morgan fingerprint density at radius 1 is 1.13 bits per heavy atom. The highest BCUT2D eigenvalue weighted by Gasteiger charge is 2.17. The van der Waals surface area contributed by atoms with E-state index in [1.807, 2.05) is 49.4 Å². The zero-order valence-corrected chi connectivity index (χ0v) is 16.1. The lowest BCUT2D eigenvalue weighted by Gasteiger charge is -2.17. The van der Waals surface area contributed by atoms with Gasteiger partial charge in [0.15, 0.2) is 0 Å². The fourth-order valence-electron chi connectivity index (χ4n) is 2.27. The molecular formula is C19H22BrNOS. The molecule has 122 valence electrons. The average Bonchev–Trinajstić information content (AvgIpc) is 2.56. The van der Waals surface area contributed by atoms with Crippen LogP contribution in [0.1, 0.15) is 38.7 Å². The largest absolute Gasteiger partial charge is 0.325 e. The number of hydrogen-bond acceptors (Lipinski definition) is 2. The Kier molecular flexibility index (Phi) is 6.72.